The molecule has 12 heavy (non-hydrogen) atoms. The molecule has 0 spiro atoms. The Hall–Kier alpha value is -0.470. The first-order valence-electron chi connectivity index (χ1n) is 3.92. The number of hydrogen-bond acceptors (Lipinski definition) is 2. The molecule has 0 saturated carbocycles. The number of furan rings is 1. The Morgan fingerprint density at radius 1 is 1.42 bits per heavy atom. The third-order valence-corrected chi connectivity index (χ3v) is 2.04. The molecule has 2 nitrogen and oxygen atoms in total. The molecule has 0 aliphatic heterocycles. The van der Waals surface area contributed by atoms with Crippen molar-refractivity contribution in [1.29, 1.82) is 0 Å². The van der Waals surface area contributed by atoms with Crippen LogP contribution in [0.4, 0.5) is 0 Å². The van der Waals surface area contributed by atoms with E-state index in [-0.39, 0.29) is 11.5 Å². The second-order valence-corrected chi connectivity index (χ2v) is 4.36. The Bertz CT molecular complexity index is 262. The highest BCUT2D eigenvalue weighted by Gasteiger charge is 2.24. The molecule has 0 saturated heterocycles. The molecule has 0 aliphatic carbocycles. The van der Waals surface area contributed by atoms with Gasteiger partial charge in [-0.3, -0.25) is 0 Å². The Morgan fingerprint density at radius 2 is 2.00 bits per heavy atom. The standard InChI is InChI=1S/C9H14ClNO/c1-9(2,3)8(11)6-4-5-7(10)12-6/h4-5,8H,11H2,1-3H3/t8-/m0/s1. The zero-order valence-electron chi connectivity index (χ0n) is 7.60. The van der Waals surface area contributed by atoms with Crippen LogP contribution in [0.15, 0.2) is 16.5 Å². The van der Waals surface area contributed by atoms with Gasteiger partial charge in [0.1, 0.15) is 5.76 Å². The molecular weight excluding hydrogens is 174 g/mol. The number of nitrogens with two attached hydrogens (primary N) is 1. The first-order valence-corrected chi connectivity index (χ1v) is 4.30. The Morgan fingerprint density at radius 3 is 2.33 bits per heavy atom. The van der Waals surface area contributed by atoms with Crippen molar-refractivity contribution in [3.05, 3.63) is 23.1 Å². The topological polar surface area (TPSA) is 39.2 Å². The van der Waals surface area contributed by atoms with Gasteiger partial charge in [0.05, 0.1) is 6.04 Å². The van der Waals surface area contributed by atoms with Crippen molar-refractivity contribution >= 4 is 11.6 Å². The van der Waals surface area contributed by atoms with Gasteiger partial charge in [0.2, 0.25) is 0 Å². The highest BCUT2D eigenvalue weighted by Crippen LogP contribution is 2.32. The van der Waals surface area contributed by atoms with Crippen molar-refractivity contribution in [2.75, 3.05) is 0 Å². The fraction of sp³-hybridized carbons (Fsp3) is 0.556. The van der Waals surface area contributed by atoms with Crippen LogP contribution in [-0.4, -0.2) is 0 Å². The highest BCUT2D eigenvalue weighted by molar-refractivity contribution is 6.28. The molecule has 0 radical (unpaired) electrons. The van der Waals surface area contributed by atoms with Crippen LogP contribution in [0, 0.1) is 5.41 Å². The predicted octanol–water partition coefficient (Wildman–Crippen LogP) is 2.98. The van der Waals surface area contributed by atoms with E-state index in [2.05, 4.69) is 20.8 Å². The molecule has 2 N–H and O–H groups in total. The maximum atomic E-state index is 5.93. The summed E-state index contributed by atoms with van der Waals surface area (Å²) in [6.45, 7) is 6.19. The van der Waals surface area contributed by atoms with E-state index >= 15 is 0 Å². The molecule has 1 aromatic heterocycles. The minimum Gasteiger partial charge on any atom is -0.448 e. The molecule has 1 aromatic rings. The van der Waals surface area contributed by atoms with Crippen LogP contribution in [0.5, 0.6) is 0 Å². The molecule has 1 atom stereocenters. The summed E-state index contributed by atoms with van der Waals surface area (Å²) in [5, 5.41) is 0.393. The van der Waals surface area contributed by atoms with Crippen LogP contribution in [-0.2, 0) is 0 Å². The molecule has 1 rings (SSSR count). The average Bonchev–Trinajstić information content (AvgIpc) is 2.32. The number of rotatable bonds is 1. The lowest BCUT2D eigenvalue weighted by molar-refractivity contribution is 0.285. The van der Waals surface area contributed by atoms with Gasteiger partial charge in [-0.1, -0.05) is 20.8 Å². The molecule has 1 heterocycles. The fourth-order valence-corrected chi connectivity index (χ4v) is 1.07. The first kappa shape index (κ1) is 9.62. The maximum absolute atomic E-state index is 5.93. The van der Waals surface area contributed by atoms with Crippen molar-refractivity contribution in [2.45, 2.75) is 26.8 Å². The minimum atomic E-state index is -0.106. The van der Waals surface area contributed by atoms with Gasteiger partial charge in [-0.2, -0.15) is 0 Å². The van der Waals surface area contributed by atoms with Crippen molar-refractivity contribution in [2.24, 2.45) is 11.1 Å². The second kappa shape index (κ2) is 3.11. The summed E-state index contributed by atoms with van der Waals surface area (Å²) in [6.07, 6.45) is 0. The normalized spacial score (nSPS) is 14.8. The highest BCUT2D eigenvalue weighted by atomic mass is 35.5. The molecule has 0 aliphatic rings. The quantitative estimate of drug-likeness (QED) is 0.734. The van der Waals surface area contributed by atoms with E-state index in [1.807, 2.05) is 6.07 Å². The van der Waals surface area contributed by atoms with Gasteiger partial charge in [0.25, 0.3) is 0 Å². The zero-order chi connectivity index (χ0) is 9.35. The van der Waals surface area contributed by atoms with Crippen LogP contribution in [0.1, 0.15) is 32.6 Å². The maximum Gasteiger partial charge on any atom is 0.193 e. The summed E-state index contributed by atoms with van der Waals surface area (Å²) in [4.78, 5) is 0. The Balaban J connectivity index is 2.85. The largest absolute Gasteiger partial charge is 0.448 e. The van der Waals surface area contributed by atoms with E-state index in [9.17, 15) is 0 Å². The summed E-state index contributed by atoms with van der Waals surface area (Å²) < 4.78 is 5.21. The van der Waals surface area contributed by atoms with Crippen LogP contribution in [0.25, 0.3) is 0 Å². The molecule has 0 fully saturated rings. The third-order valence-electron chi connectivity index (χ3n) is 1.83. The lowest BCUT2D eigenvalue weighted by Gasteiger charge is -2.24. The number of halogens is 1. The molecule has 68 valence electrons. The molecular formula is C9H14ClNO. The van der Waals surface area contributed by atoms with Crippen LogP contribution < -0.4 is 5.73 Å². The lowest BCUT2D eigenvalue weighted by atomic mass is 9.86. The zero-order valence-corrected chi connectivity index (χ0v) is 8.35. The van der Waals surface area contributed by atoms with Gasteiger partial charge in [-0.15, -0.1) is 0 Å². The van der Waals surface area contributed by atoms with Crippen molar-refractivity contribution < 1.29 is 4.42 Å². The van der Waals surface area contributed by atoms with Crippen LogP contribution in [0.2, 0.25) is 5.22 Å². The Kier molecular flexibility index (Phi) is 2.49. The van der Waals surface area contributed by atoms with E-state index in [0.717, 1.165) is 5.76 Å². The first-order chi connectivity index (χ1) is 5.41. The SMILES string of the molecule is CC(C)(C)[C@@H](N)c1ccc(Cl)o1. The smallest absolute Gasteiger partial charge is 0.193 e. The van der Waals surface area contributed by atoms with Gasteiger partial charge >= 0.3 is 0 Å². The molecule has 0 unspecified atom stereocenters. The molecule has 0 amide bonds. The van der Waals surface area contributed by atoms with Crippen LogP contribution in [0.3, 0.4) is 0 Å². The summed E-state index contributed by atoms with van der Waals surface area (Å²) in [5.41, 5.74) is 5.93. The third kappa shape index (κ3) is 2.02. The Labute approximate surface area is 77.7 Å². The second-order valence-electron chi connectivity index (χ2n) is 3.99. The van der Waals surface area contributed by atoms with Gasteiger partial charge in [0.15, 0.2) is 5.22 Å². The van der Waals surface area contributed by atoms with Crippen molar-refractivity contribution in [1.82, 2.24) is 0 Å². The van der Waals surface area contributed by atoms with E-state index in [1.165, 1.54) is 0 Å². The summed E-state index contributed by atoms with van der Waals surface area (Å²) in [7, 11) is 0. The van der Waals surface area contributed by atoms with Crippen molar-refractivity contribution in [3.8, 4) is 0 Å². The fourth-order valence-electron chi connectivity index (χ4n) is 0.922. The molecule has 3 heteroatoms. The van der Waals surface area contributed by atoms with Gasteiger partial charge in [0, 0.05) is 0 Å². The van der Waals surface area contributed by atoms with Gasteiger partial charge in [-0.25, -0.2) is 0 Å². The predicted molar refractivity (Wildman–Crippen MR) is 50.1 cm³/mol. The lowest BCUT2D eigenvalue weighted by Crippen LogP contribution is -2.25. The van der Waals surface area contributed by atoms with E-state index in [1.54, 1.807) is 6.07 Å². The van der Waals surface area contributed by atoms with E-state index in [4.69, 9.17) is 21.8 Å². The monoisotopic (exact) mass is 187 g/mol. The molecule has 0 aromatic carbocycles. The molecule has 0 bridgehead atoms. The summed E-state index contributed by atoms with van der Waals surface area (Å²) in [6, 6.07) is 3.42. The number of hydrogen-bond donors (Lipinski definition) is 1. The summed E-state index contributed by atoms with van der Waals surface area (Å²) in [5.74, 6) is 0.743. The van der Waals surface area contributed by atoms with Crippen molar-refractivity contribution in [3.63, 3.8) is 0 Å². The average molecular weight is 188 g/mol. The minimum absolute atomic E-state index is 0.00117. The van der Waals surface area contributed by atoms with Gasteiger partial charge in [-0.05, 0) is 29.1 Å². The van der Waals surface area contributed by atoms with E-state index < -0.39 is 0 Å². The summed E-state index contributed by atoms with van der Waals surface area (Å²) >= 11 is 5.63. The van der Waals surface area contributed by atoms with Crippen LogP contribution >= 0.6 is 11.6 Å². The van der Waals surface area contributed by atoms with E-state index in [0.29, 0.717) is 5.22 Å². The van der Waals surface area contributed by atoms with Gasteiger partial charge < -0.3 is 10.2 Å².